The number of carbonyl (C=O) groups excluding carboxylic acids is 1. The van der Waals surface area contributed by atoms with Crippen LogP contribution < -0.4 is 5.32 Å². The summed E-state index contributed by atoms with van der Waals surface area (Å²) in [6.07, 6.45) is 4.16. The van der Waals surface area contributed by atoms with Gasteiger partial charge in [-0.15, -0.1) is 11.3 Å². The van der Waals surface area contributed by atoms with Crippen molar-refractivity contribution in [2.45, 2.75) is 58.4 Å². The van der Waals surface area contributed by atoms with Crippen LogP contribution in [-0.4, -0.2) is 15.5 Å². The smallest absolute Gasteiger partial charge is 0.245 e. The highest BCUT2D eigenvalue weighted by atomic mass is 32.1. The molecule has 0 fully saturated rings. The number of nitriles is 1. The van der Waals surface area contributed by atoms with Gasteiger partial charge >= 0.3 is 0 Å². The SMILES string of the molecule is CC(C)(C)c1ccc(-c2nc3ccccc3n2CC(=O)Nc2sc3c(c2C#N)CCCC3)cc1. The lowest BCUT2D eigenvalue weighted by Gasteiger charge is -2.19. The molecule has 0 saturated carbocycles. The molecule has 1 aliphatic carbocycles. The number of amides is 1. The molecule has 2 aromatic carbocycles. The van der Waals surface area contributed by atoms with Crippen molar-refractivity contribution in [3.63, 3.8) is 0 Å². The minimum atomic E-state index is -0.147. The summed E-state index contributed by atoms with van der Waals surface area (Å²) in [5.41, 5.74) is 5.83. The summed E-state index contributed by atoms with van der Waals surface area (Å²) < 4.78 is 1.97. The third-order valence-corrected chi connectivity index (χ3v) is 7.71. The highest BCUT2D eigenvalue weighted by Crippen LogP contribution is 2.37. The summed E-state index contributed by atoms with van der Waals surface area (Å²) in [6, 6.07) is 18.6. The third kappa shape index (κ3) is 4.12. The van der Waals surface area contributed by atoms with Crippen LogP contribution in [0, 0.1) is 11.3 Å². The maximum Gasteiger partial charge on any atom is 0.245 e. The van der Waals surface area contributed by atoms with E-state index < -0.39 is 0 Å². The van der Waals surface area contributed by atoms with Crippen molar-refractivity contribution < 1.29 is 4.79 Å². The standard InChI is InChI=1S/C28H28N4OS/c1-28(2,3)19-14-12-18(13-15-19)26-30-22-9-5-6-10-23(22)32(26)17-25(33)31-27-21(16-29)20-8-4-7-11-24(20)34-27/h5-6,9-10,12-15H,4,7-8,11,17H2,1-3H3,(H,31,33). The van der Waals surface area contributed by atoms with Gasteiger partial charge < -0.3 is 9.88 Å². The molecule has 0 bridgehead atoms. The second-order valence-electron chi connectivity index (χ2n) is 9.91. The summed E-state index contributed by atoms with van der Waals surface area (Å²) in [7, 11) is 0. The average molecular weight is 469 g/mol. The van der Waals surface area contributed by atoms with Crippen LogP contribution in [-0.2, 0) is 29.6 Å². The molecule has 1 amide bonds. The molecule has 1 aliphatic rings. The van der Waals surface area contributed by atoms with Crippen LogP contribution in [0.3, 0.4) is 0 Å². The van der Waals surface area contributed by atoms with Gasteiger partial charge in [-0.1, -0.05) is 57.2 Å². The van der Waals surface area contributed by atoms with Gasteiger partial charge in [0.2, 0.25) is 5.91 Å². The topological polar surface area (TPSA) is 70.7 Å². The number of benzene rings is 2. The van der Waals surface area contributed by atoms with Crippen LogP contribution in [0.1, 0.15) is 55.2 Å². The van der Waals surface area contributed by atoms with E-state index in [2.05, 4.69) is 56.4 Å². The Morgan fingerprint density at radius 3 is 2.59 bits per heavy atom. The molecule has 172 valence electrons. The maximum atomic E-state index is 13.2. The van der Waals surface area contributed by atoms with E-state index in [-0.39, 0.29) is 17.9 Å². The van der Waals surface area contributed by atoms with E-state index in [1.54, 1.807) is 11.3 Å². The average Bonchev–Trinajstić information content (AvgIpc) is 3.36. The van der Waals surface area contributed by atoms with Gasteiger partial charge in [-0.3, -0.25) is 4.79 Å². The summed E-state index contributed by atoms with van der Waals surface area (Å²) >= 11 is 1.56. The molecule has 2 aromatic heterocycles. The first-order valence-corrected chi connectivity index (χ1v) is 12.6. The fourth-order valence-corrected chi connectivity index (χ4v) is 5.91. The second kappa shape index (κ2) is 8.73. The zero-order valence-corrected chi connectivity index (χ0v) is 20.6. The molecular weight excluding hydrogens is 440 g/mol. The Labute approximate surface area is 204 Å². The van der Waals surface area contributed by atoms with Crippen LogP contribution in [0.2, 0.25) is 0 Å². The van der Waals surface area contributed by atoms with E-state index >= 15 is 0 Å². The number of rotatable bonds is 4. The van der Waals surface area contributed by atoms with Gasteiger partial charge in [0.15, 0.2) is 0 Å². The van der Waals surface area contributed by atoms with Gasteiger partial charge in [0.25, 0.3) is 0 Å². The van der Waals surface area contributed by atoms with E-state index in [1.165, 1.54) is 10.4 Å². The number of para-hydroxylation sites is 2. The van der Waals surface area contributed by atoms with Crippen molar-refractivity contribution in [3.05, 3.63) is 70.1 Å². The van der Waals surface area contributed by atoms with Gasteiger partial charge in [-0.05, 0) is 54.4 Å². The normalized spacial score (nSPS) is 13.5. The highest BCUT2D eigenvalue weighted by molar-refractivity contribution is 7.16. The molecule has 0 atom stereocenters. The Morgan fingerprint density at radius 1 is 1.12 bits per heavy atom. The van der Waals surface area contributed by atoms with Crippen LogP contribution in [0.4, 0.5) is 5.00 Å². The maximum absolute atomic E-state index is 13.2. The van der Waals surface area contributed by atoms with E-state index in [0.29, 0.717) is 10.6 Å². The number of nitrogens with zero attached hydrogens (tertiary/aromatic N) is 3. The molecule has 5 nitrogen and oxygen atoms in total. The number of nitrogens with one attached hydrogen (secondary N) is 1. The number of thiophene rings is 1. The summed E-state index contributed by atoms with van der Waals surface area (Å²) in [5.74, 6) is 0.619. The van der Waals surface area contributed by atoms with Crippen molar-refractivity contribution in [3.8, 4) is 17.5 Å². The molecule has 6 heteroatoms. The van der Waals surface area contributed by atoms with Crippen molar-refractivity contribution in [1.82, 2.24) is 9.55 Å². The fourth-order valence-electron chi connectivity index (χ4n) is 4.66. The molecule has 0 aliphatic heterocycles. The zero-order valence-electron chi connectivity index (χ0n) is 19.8. The summed E-state index contributed by atoms with van der Waals surface area (Å²) in [5, 5.41) is 13.5. The first-order valence-electron chi connectivity index (χ1n) is 11.8. The minimum Gasteiger partial charge on any atom is -0.315 e. The van der Waals surface area contributed by atoms with Crippen LogP contribution in [0.5, 0.6) is 0 Å². The second-order valence-corrected chi connectivity index (χ2v) is 11.0. The number of aromatic nitrogens is 2. The molecule has 0 spiro atoms. The number of anilines is 1. The lowest BCUT2D eigenvalue weighted by atomic mass is 9.87. The van der Waals surface area contributed by atoms with E-state index in [1.807, 2.05) is 28.8 Å². The molecule has 5 rings (SSSR count). The third-order valence-electron chi connectivity index (χ3n) is 6.50. The Balaban J connectivity index is 1.48. The van der Waals surface area contributed by atoms with Crippen molar-refractivity contribution in [2.24, 2.45) is 0 Å². The molecule has 0 radical (unpaired) electrons. The Bertz CT molecular complexity index is 1410. The van der Waals surface area contributed by atoms with Gasteiger partial charge in [-0.25, -0.2) is 4.98 Å². The number of hydrogen-bond acceptors (Lipinski definition) is 4. The molecule has 1 N–H and O–H groups in total. The van der Waals surface area contributed by atoms with Crippen LogP contribution >= 0.6 is 11.3 Å². The molecule has 2 heterocycles. The Kier molecular flexibility index (Phi) is 5.75. The molecule has 0 saturated heterocycles. The monoisotopic (exact) mass is 468 g/mol. The number of hydrogen-bond donors (Lipinski definition) is 1. The molecule has 4 aromatic rings. The number of carbonyl (C=O) groups is 1. The minimum absolute atomic E-state index is 0.0663. The van der Waals surface area contributed by atoms with Crippen molar-refractivity contribution in [1.29, 1.82) is 5.26 Å². The Morgan fingerprint density at radius 2 is 1.85 bits per heavy atom. The van der Waals surface area contributed by atoms with Gasteiger partial charge in [0.05, 0.1) is 16.6 Å². The zero-order chi connectivity index (χ0) is 23.9. The lowest BCUT2D eigenvalue weighted by Crippen LogP contribution is -2.19. The van der Waals surface area contributed by atoms with E-state index in [0.717, 1.165) is 53.7 Å². The van der Waals surface area contributed by atoms with Crippen LogP contribution in [0.15, 0.2) is 48.5 Å². The largest absolute Gasteiger partial charge is 0.315 e. The fraction of sp³-hybridized carbons (Fsp3) is 0.321. The summed E-state index contributed by atoms with van der Waals surface area (Å²) in [4.78, 5) is 19.3. The Hall–Kier alpha value is -3.43. The van der Waals surface area contributed by atoms with Crippen molar-refractivity contribution >= 4 is 33.3 Å². The predicted molar refractivity (Wildman–Crippen MR) is 138 cm³/mol. The highest BCUT2D eigenvalue weighted by Gasteiger charge is 2.23. The molecule has 0 unspecified atom stereocenters. The predicted octanol–water partition coefficient (Wildman–Crippen LogP) is 6.45. The lowest BCUT2D eigenvalue weighted by molar-refractivity contribution is -0.116. The van der Waals surface area contributed by atoms with Crippen molar-refractivity contribution in [2.75, 3.05) is 5.32 Å². The van der Waals surface area contributed by atoms with Gasteiger partial charge in [0.1, 0.15) is 23.4 Å². The first kappa shape index (κ1) is 22.4. The molecular formula is C28H28N4OS. The number of fused-ring (bicyclic) bond motifs is 2. The van der Waals surface area contributed by atoms with Gasteiger partial charge in [-0.2, -0.15) is 5.26 Å². The van der Waals surface area contributed by atoms with Gasteiger partial charge in [0, 0.05) is 10.4 Å². The number of aryl methyl sites for hydroxylation is 1. The van der Waals surface area contributed by atoms with E-state index in [9.17, 15) is 10.1 Å². The van der Waals surface area contributed by atoms with Crippen LogP contribution in [0.25, 0.3) is 22.4 Å². The van der Waals surface area contributed by atoms with E-state index in [4.69, 9.17) is 4.98 Å². The quantitative estimate of drug-likeness (QED) is 0.374. The first-order chi connectivity index (χ1) is 16.3. The number of imidazole rings is 1. The molecule has 34 heavy (non-hydrogen) atoms. The summed E-state index contributed by atoms with van der Waals surface area (Å²) in [6.45, 7) is 6.71.